The number of nitriles is 1. The molecule has 4 aromatic rings. The maximum absolute atomic E-state index is 11.4. The molecule has 1 aromatic carbocycles. The summed E-state index contributed by atoms with van der Waals surface area (Å²) >= 11 is 0. The Kier molecular flexibility index (Phi) is 4.44. The van der Waals surface area contributed by atoms with Crippen LogP contribution in [0.15, 0.2) is 40.2 Å². The van der Waals surface area contributed by atoms with E-state index in [-0.39, 0.29) is 17.6 Å². The number of benzene rings is 1. The van der Waals surface area contributed by atoms with Crippen LogP contribution in [0.4, 0.5) is 5.95 Å². The van der Waals surface area contributed by atoms with Gasteiger partial charge in [0.15, 0.2) is 5.65 Å². The van der Waals surface area contributed by atoms with Crippen molar-refractivity contribution >= 4 is 17.7 Å². The van der Waals surface area contributed by atoms with Crippen molar-refractivity contribution in [2.75, 3.05) is 5.32 Å². The standard InChI is InChI=1S/C20H17N9O2/c21-8-11-3-1-2-4-12(11)9-22-18-26-16-13(7-15-17(30)27-20(31)25-15)10-23-29(16)19(28-18)24-14-5-6-14/h1-4,7,10,14,30H,5-6,9H2,(H,22,24,28)(H2,25,27,31)/b13-7+. The third kappa shape index (κ3) is 3.74. The summed E-state index contributed by atoms with van der Waals surface area (Å²) < 4.78 is 1.53. The van der Waals surface area contributed by atoms with Crippen LogP contribution in [0.25, 0.3) is 11.7 Å². The number of aromatic amines is 2. The van der Waals surface area contributed by atoms with Gasteiger partial charge < -0.3 is 15.4 Å². The highest BCUT2D eigenvalue weighted by Crippen LogP contribution is 2.22. The van der Waals surface area contributed by atoms with Crippen molar-refractivity contribution in [3.8, 4) is 11.9 Å². The van der Waals surface area contributed by atoms with E-state index in [1.807, 2.05) is 18.2 Å². The summed E-state index contributed by atoms with van der Waals surface area (Å²) in [6.07, 6.45) is 5.14. The fraction of sp³-hybridized carbons (Fsp3) is 0.200. The minimum absolute atomic E-state index is 0.215. The number of H-pyrrole nitrogens is 2. The Morgan fingerprint density at radius 2 is 2.16 bits per heavy atom. The van der Waals surface area contributed by atoms with E-state index in [2.05, 4.69) is 41.4 Å². The van der Waals surface area contributed by atoms with Crippen molar-refractivity contribution in [1.29, 1.82) is 5.26 Å². The van der Waals surface area contributed by atoms with Gasteiger partial charge in [0.05, 0.1) is 23.9 Å². The number of aromatic hydroxyl groups is 1. The van der Waals surface area contributed by atoms with E-state index in [9.17, 15) is 15.2 Å². The first-order chi connectivity index (χ1) is 15.1. The monoisotopic (exact) mass is 415 g/mol. The van der Waals surface area contributed by atoms with Gasteiger partial charge in [-0.25, -0.2) is 9.79 Å². The van der Waals surface area contributed by atoms with Crippen LogP contribution in [0.5, 0.6) is 5.88 Å². The second-order valence-electron chi connectivity index (χ2n) is 7.15. The second kappa shape index (κ2) is 7.42. The highest BCUT2D eigenvalue weighted by molar-refractivity contribution is 5.57. The van der Waals surface area contributed by atoms with Crippen LogP contribution in [0.2, 0.25) is 0 Å². The first kappa shape index (κ1) is 18.6. The lowest BCUT2D eigenvalue weighted by Gasteiger charge is -2.07. The van der Waals surface area contributed by atoms with Gasteiger partial charge in [-0.3, -0.25) is 4.98 Å². The fourth-order valence-corrected chi connectivity index (χ4v) is 3.12. The van der Waals surface area contributed by atoms with Gasteiger partial charge in [0.25, 0.3) is 5.62 Å². The van der Waals surface area contributed by atoms with Gasteiger partial charge in [-0.05, 0) is 30.5 Å². The predicted octanol–water partition coefficient (Wildman–Crippen LogP) is -0.0591. The molecule has 1 aliphatic carbocycles. The lowest BCUT2D eigenvalue weighted by Crippen LogP contribution is -2.24. The molecule has 0 spiro atoms. The lowest BCUT2D eigenvalue weighted by atomic mass is 10.1. The Balaban J connectivity index is 1.60. The zero-order chi connectivity index (χ0) is 21.4. The topological polar surface area (TPSA) is 160 Å². The summed E-state index contributed by atoms with van der Waals surface area (Å²) in [6.45, 7) is 0.363. The normalized spacial score (nSPS) is 14.8. The van der Waals surface area contributed by atoms with Crippen LogP contribution in [0, 0.1) is 11.3 Å². The minimum Gasteiger partial charge on any atom is -0.493 e. The van der Waals surface area contributed by atoms with E-state index in [1.54, 1.807) is 18.3 Å². The molecule has 11 nitrogen and oxygen atoms in total. The average Bonchev–Trinajstić information content (AvgIpc) is 3.41. The number of nitrogens with zero attached hydrogens (tertiary/aromatic N) is 6. The molecular weight excluding hydrogens is 398 g/mol. The number of anilines is 1. The Hall–Kier alpha value is -4.46. The number of fused-ring (bicyclic) bond motifs is 1. The minimum atomic E-state index is -0.516. The number of imidazole rings is 1. The highest BCUT2D eigenvalue weighted by atomic mass is 16.3. The van der Waals surface area contributed by atoms with Crippen molar-refractivity contribution in [3.63, 3.8) is 0 Å². The second-order valence-corrected chi connectivity index (χ2v) is 7.15. The van der Waals surface area contributed by atoms with Crippen LogP contribution >= 0.6 is 0 Å². The van der Waals surface area contributed by atoms with Crippen LogP contribution < -0.4 is 21.8 Å². The molecular formula is C20H17N9O2. The maximum Gasteiger partial charge on any atom is 0.326 e. The van der Waals surface area contributed by atoms with Crippen molar-refractivity contribution in [2.45, 2.75) is 25.4 Å². The van der Waals surface area contributed by atoms with E-state index in [1.165, 1.54) is 4.52 Å². The Morgan fingerprint density at radius 3 is 2.90 bits per heavy atom. The smallest absolute Gasteiger partial charge is 0.326 e. The van der Waals surface area contributed by atoms with E-state index in [0.717, 1.165) is 18.4 Å². The van der Waals surface area contributed by atoms with Gasteiger partial charge in [0.2, 0.25) is 11.8 Å². The van der Waals surface area contributed by atoms with Crippen molar-refractivity contribution in [2.24, 2.45) is 4.99 Å². The van der Waals surface area contributed by atoms with Gasteiger partial charge >= 0.3 is 5.69 Å². The van der Waals surface area contributed by atoms with Crippen molar-refractivity contribution in [1.82, 2.24) is 29.5 Å². The van der Waals surface area contributed by atoms with E-state index in [4.69, 9.17) is 0 Å². The number of aromatic nitrogens is 6. The molecule has 1 aliphatic rings. The van der Waals surface area contributed by atoms with Gasteiger partial charge in [-0.1, -0.05) is 18.2 Å². The molecule has 154 valence electrons. The summed E-state index contributed by atoms with van der Waals surface area (Å²) in [6, 6.07) is 9.68. The summed E-state index contributed by atoms with van der Waals surface area (Å²) in [5.74, 6) is 0.0642. The zero-order valence-corrected chi connectivity index (χ0v) is 16.2. The predicted molar refractivity (Wildman–Crippen MR) is 110 cm³/mol. The molecule has 0 bridgehead atoms. The van der Waals surface area contributed by atoms with Gasteiger partial charge in [0, 0.05) is 11.8 Å². The molecule has 1 saturated carbocycles. The summed E-state index contributed by atoms with van der Waals surface area (Å²) in [5.41, 5.74) is 1.98. The SMILES string of the molecule is N#Cc1ccccc1CNc1nc(=NC2CC2)n2nc/c(=C\c3[nH]c(=O)[nH]c3O)c2n1. The molecule has 0 saturated heterocycles. The Labute approximate surface area is 174 Å². The number of rotatable bonds is 5. The fourth-order valence-electron chi connectivity index (χ4n) is 3.12. The molecule has 3 aromatic heterocycles. The zero-order valence-electron chi connectivity index (χ0n) is 16.2. The molecule has 31 heavy (non-hydrogen) atoms. The quantitative estimate of drug-likeness (QED) is 0.355. The first-order valence-corrected chi connectivity index (χ1v) is 9.65. The average molecular weight is 415 g/mol. The first-order valence-electron chi connectivity index (χ1n) is 9.65. The molecule has 0 aliphatic heterocycles. The van der Waals surface area contributed by atoms with E-state index >= 15 is 0 Å². The molecule has 11 heteroatoms. The van der Waals surface area contributed by atoms with Gasteiger partial charge in [-0.2, -0.15) is 24.8 Å². The third-order valence-electron chi connectivity index (χ3n) is 4.83. The molecule has 0 unspecified atom stereocenters. The van der Waals surface area contributed by atoms with Crippen LogP contribution in [0.1, 0.15) is 29.7 Å². The number of nitrogens with one attached hydrogen (secondary N) is 3. The van der Waals surface area contributed by atoms with Crippen LogP contribution in [-0.2, 0) is 6.54 Å². The van der Waals surface area contributed by atoms with Crippen LogP contribution in [-0.4, -0.2) is 40.7 Å². The molecule has 5 rings (SSSR count). The van der Waals surface area contributed by atoms with Crippen molar-refractivity contribution in [3.05, 3.63) is 68.6 Å². The molecule has 0 atom stereocenters. The van der Waals surface area contributed by atoms with E-state index < -0.39 is 5.69 Å². The number of hydrogen-bond donors (Lipinski definition) is 4. The molecule has 4 N–H and O–H groups in total. The lowest BCUT2D eigenvalue weighted by molar-refractivity contribution is 0.454. The summed E-state index contributed by atoms with van der Waals surface area (Å²) in [4.78, 5) is 29.9. The van der Waals surface area contributed by atoms with Crippen molar-refractivity contribution < 1.29 is 5.11 Å². The molecule has 3 heterocycles. The Morgan fingerprint density at radius 1 is 1.32 bits per heavy atom. The van der Waals surface area contributed by atoms with E-state index in [0.29, 0.717) is 34.5 Å². The van der Waals surface area contributed by atoms with Gasteiger partial charge in [-0.15, -0.1) is 0 Å². The molecule has 0 amide bonds. The highest BCUT2D eigenvalue weighted by Gasteiger charge is 2.21. The van der Waals surface area contributed by atoms with Gasteiger partial charge in [0.1, 0.15) is 5.69 Å². The Bertz CT molecular complexity index is 1500. The molecule has 1 fully saturated rings. The molecule has 0 radical (unpaired) electrons. The number of hydrogen-bond acceptors (Lipinski definition) is 8. The summed E-state index contributed by atoms with van der Waals surface area (Å²) in [7, 11) is 0. The maximum atomic E-state index is 11.4. The third-order valence-corrected chi connectivity index (χ3v) is 4.83. The van der Waals surface area contributed by atoms with Crippen LogP contribution in [0.3, 0.4) is 0 Å². The summed E-state index contributed by atoms with van der Waals surface area (Å²) in [5, 5.41) is 27.2. The largest absolute Gasteiger partial charge is 0.493 e.